The molecule has 2 aromatic heterocycles. The van der Waals surface area contributed by atoms with Gasteiger partial charge in [0.1, 0.15) is 11.3 Å². The number of benzene rings is 2. The lowest BCUT2D eigenvalue weighted by atomic mass is 10.2. The van der Waals surface area contributed by atoms with Crippen molar-refractivity contribution in [3.8, 4) is 11.5 Å². The van der Waals surface area contributed by atoms with Gasteiger partial charge in [-0.1, -0.05) is 12.1 Å². The lowest BCUT2D eigenvalue weighted by Crippen LogP contribution is -2.12. The summed E-state index contributed by atoms with van der Waals surface area (Å²) in [5.41, 5.74) is -3.46. The van der Waals surface area contributed by atoms with Gasteiger partial charge in [-0.3, -0.25) is 14.3 Å². The van der Waals surface area contributed by atoms with Crippen molar-refractivity contribution in [2.24, 2.45) is 7.05 Å². The number of H-pyrrole nitrogens is 1. The molecule has 0 aliphatic heterocycles. The van der Waals surface area contributed by atoms with Crippen LogP contribution in [0, 0.1) is 0 Å². The normalized spacial score (nSPS) is 11.5. The molecule has 7 nitrogen and oxygen atoms in total. The van der Waals surface area contributed by atoms with Gasteiger partial charge in [0.15, 0.2) is 11.4 Å². The van der Waals surface area contributed by atoms with E-state index < -0.39 is 11.4 Å². The van der Waals surface area contributed by atoms with E-state index in [4.69, 9.17) is 4.74 Å². The number of aromatic nitrogens is 3. The largest absolute Gasteiger partial charge is 0.455 e. The van der Waals surface area contributed by atoms with Gasteiger partial charge in [-0.05, 0) is 42.1 Å². The Kier molecular flexibility index (Phi) is 5.66. The van der Waals surface area contributed by atoms with Crippen LogP contribution in [0.4, 0.5) is 18.9 Å². The smallest absolute Gasteiger partial charge is 0.446 e. The first kappa shape index (κ1) is 21.5. The van der Waals surface area contributed by atoms with Crippen molar-refractivity contribution in [3.05, 3.63) is 76.8 Å². The van der Waals surface area contributed by atoms with E-state index >= 15 is 0 Å². The van der Waals surface area contributed by atoms with E-state index in [9.17, 15) is 22.8 Å². The number of carbonyl (C=O) groups is 1. The van der Waals surface area contributed by atoms with Gasteiger partial charge in [-0.2, -0.15) is 13.2 Å². The first-order valence-corrected chi connectivity index (χ1v) is 10.00. The minimum Gasteiger partial charge on any atom is -0.455 e. The summed E-state index contributed by atoms with van der Waals surface area (Å²) in [5, 5.41) is 2.64. The standard InChI is InChI=1S/C21H15F3N4O3S/c1-28-17-16(8-9-25-18(17)27-20(28)30)31-14-6-3-5-13(11-14)26-19(29)12-4-2-7-15(10-12)32-21(22,23)24/h2-11H,1H3,(H,26,29)(H,25,27,30). The van der Waals surface area contributed by atoms with Crippen LogP contribution in [-0.4, -0.2) is 26.0 Å². The molecule has 0 saturated heterocycles. The maximum absolute atomic E-state index is 12.6. The van der Waals surface area contributed by atoms with E-state index in [2.05, 4.69) is 15.3 Å². The molecule has 1 amide bonds. The molecule has 4 rings (SSSR count). The highest BCUT2D eigenvalue weighted by molar-refractivity contribution is 8.00. The van der Waals surface area contributed by atoms with Crippen molar-refractivity contribution in [2.45, 2.75) is 10.4 Å². The van der Waals surface area contributed by atoms with Gasteiger partial charge in [0.2, 0.25) is 0 Å². The molecule has 0 radical (unpaired) electrons. The van der Waals surface area contributed by atoms with Crippen LogP contribution < -0.4 is 15.7 Å². The molecule has 32 heavy (non-hydrogen) atoms. The highest BCUT2D eigenvalue weighted by Crippen LogP contribution is 2.37. The van der Waals surface area contributed by atoms with Crippen LogP contribution in [-0.2, 0) is 7.05 Å². The summed E-state index contributed by atoms with van der Waals surface area (Å²) in [7, 11) is 1.58. The number of aryl methyl sites for hydroxylation is 1. The first-order chi connectivity index (χ1) is 15.2. The van der Waals surface area contributed by atoms with E-state index in [0.717, 1.165) is 0 Å². The Morgan fingerprint density at radius 1 is 1.16 bits per heavy atom. The van der Waals surface area contributed by atoms with E-state index in [1.807, 2.05) is 0 Å². The number of nitrogens with one attached hydrogen (secondary N) is 2. The zero-order valence-corrected chi connectivity index (χ0v) is 17.3. The van der Waals surface area contributed by atoms with Crippen molar-refractivity contribution in [3.63, 3.8) is 0 Å². The Hall–Kier alpha value is -3.73. The van der Waals surface area contributed by atoms with E-state index in [1.165, 1.54) is 35.0 Å². The second-order valence-corrected chi connectivity index (χ2v) is 7.79. The highest BCUT2D eigenvalue weighted by Gasteiger charge is 2.29. The van der Waals surface area contributed by atoms with Crippen LogP contribution in [0.5, 0.6) is 11.5 Å². The molecule has 0 unspecified atom stereocenters. The summed E-state index contributed by atoms with van der Waals surface area (Å²) < 4.78 is 45.0. The van der Waals surface area contributed by atoms with Crippen LogP contribution in [0.1, 0.15) is 10.4 Å². The number of thioether (sulfide) groups is 1. The number of imidazole rings is 1. The fourth-order valence-corrected chi connectivity index (χ4v) is 3.62. The van der Waals surface area contributed by atoms with Crippen LogP contribution >= 0.6 is 11.8 Å². The van der Waals surface area contributed by atoms with Gasteiger partial charge in [-0.25, -0.2) is 9.78 Å². The Bertz CT molecular complexity index is 1360. The number of nitrogens with zero attached hydrogens (tertiary/aromatic N) is 2. The molecular formula is C21H15F3N4O3S. The molecule has 0 bridgehead atoms. The molecule has 164 valence electrons. The Morgan fingerprint density at radius 3 is 2.72 bits per heavy atom. The quantitative estimate of drug-likeness (QED) is 0.413. The topological polar surface area (TPSA) is 89.0 Å². The number of hydrogen-bond acceptors (Lipinski definition) is 5. The summed E-state index contributed by atoms with van der Waals surface area (Å²) >= 11 is -0.286. The number of hydrogen-bond donors (Lipinski definition) is 2. The van der Waals surface area contributed by atoms with Crippen molar-refractivity contribution >= 4 is 34.5 Å². The van der Waals surface area contributed by atoms with Gasteiger partial charge in [0, 0.05) is 41.5 Å². The number of aromatic amines is 1. The molecule has 0 aliphatic rings. The van der Waals surface area contributed by atoms with E-state index in [0.29, 0.717) is 28.4 Å². The number of pyridine rings is 1. The summed E-state index contributed by atoms with van der Waals surface area (Å²) in [6, 6.07) is 13.4. The second-order valence-electron chi connectivity index (χ2n) is 6.66. The zero-order valence-electron chi connectivity index (χ0n) is 16.4. The summed E-state index contributed by atoms with van der Waals surface area (Å²) in [4.78, 5) is 31.0. The molecule has 0 fully saturated rings. The Balaban J connectivity index is 1.54. The average molecular weight is 460 g/mol. The minimum atomic E-state index is -4.44. The molecule has 2 aromatic carbocycles. The van der Waals surface area contributed by atoms with Gasteiger partial charge in [0.25, 0.3) is 5.91 Å². The number of fused-ring (bicyclic) bond motifs is 1. The number of anilines is 1. The molecular weight excluding hydrogens is 445 g/mol. The third-order valence-corrected chi connectivity index (χ3v) is 5.12. The maximum Gasteiger partial charge on any atom is 0.446 e. The van der Waals surface area contributed by atoms with Gasteiger partial charge in [0.05, 0.1) is 0 Å². The summed E-state index contributed by atoms with van der Waals surface area (Å²) in [6.07, 6.45) is 1.49. The van der Waals surface area contributed by atoms with Crippen molar-refractivity contribution in [1.82, 2.24) is 14.5 Å². The number of rotatable bonds is 5. The van der Waals surface area contributed by atoms with Gasteiger partial charge < -0.3 is 10.1 Å². The lowest BCUT2D eigenvalue weighted by molar-refractivity contribution is -0.0328. The average Bonchev–Trinajstić information content (AvgIpc) is 3.02. The second kappa shape index (κ2) is 8.42. The monoisotopic (exact) mass is 460 g/mol. The zero-order chi connectivity index (χ0) is 22.9. The molecule has 2 N–H and O–H groups in total. The fraction of sp³-hybridized carbons (Fsp3) is 0.0952. The molecule has 2 heterocycles. The van der Waals surface area contributed by atoms with Crippen LogP contribution in [0.15, 0.2) is 70.5 Å². The summed E-state index contributed by atoms with van der Waals surface area (Å²) in [6.45, 7) is 0. The SMILES string of the molecule is Cn1c(=O)[nH]c2nccc(Oc3cccc(NC(=O)c4cccc(SC(F)(F)F)c4)c3)c21. The van der Waals surface area contributed by atoms with E-state index in [-0.39, 0.29) is 27.9 Å². The molecule has 4 aromatic rings. The maximum atomic E-state index is 12.6. The number of ether oxygens (including phenoxy) is 1. The van der Waals surface area contributed by atoms with Crippen molar-refractivity contribution in [1.29, 1.82) is 0 Å². The van der Waals surface area contributed by atoms with Gasteiger partial charge in [-0.15, -0.1) is 0 Å². The summed E-state index contributed by atoms with van der Waals surface area (Å²) in [5.74, 6) is 0.202. The van der Waals surface area contributed by atoms with Crippen LogP contribution in [0.3, 0.4) is 0 Å². The fourth-order valence-electron chi connectivity index (χ4n) is 3.02. The molecule has 0 atom stereocenters. The number of halogens is 3. The van der Waals surface area contributed by atoms with Crippen molar-refractivity contribution < 1.29 is 22.7 Å². The third kappa shape index (κ3) is 4.78. The highest BCUT2D eigenvalue weighted by atomic mass is 32.2. The molecule has 0 saturated carbocycles. The minimum absolute atomic E-state index is 0.0824. The predicted octanol–water partition coefficient (Wildman–Crippen LogP) is 4.92. The van der Waals surface area contributed by atoms with Gasteiger partial charge >= 0.3 is 11.2 Å². The predicted molar refractivity (Wildman–Crippen MR) is 114 cm³/mol. The number of amides is 1. The number of carbonyl (C=O) groups excluding carboxylic acids is 1. The molecule has 0 aliphatic carbocycles. The Morgan fingerprint density at radius 2 is 1.94 bits per heavy atom. The number of alkyl halides is 3. The van der Waals surface area contributed by atoms with Crippen molar-refractivity contribution in [2.75, 3.05) is 5.32 Å². The molecule has 11 heteroatoms. The van der Waals surface area contributed by atoms with Crippen LogP contribution in [0.2, 0.25) is 0 Å². The van der Waals surface area contributed by atoms with Crippen LogP contribution in [0.25, 0.3) is 11.2 Å². The third-order valence-electron chi connectivity index (χ3n) is 4.40. The van der Waals surface area contributed by atoms with E-state index in [1.54, 1.807) is 37.4 Å². The lowest BCUT2D eigenvalue weighted by Gasteiger charge is -2.11. The first-order valence-electron chi connectivity index (χ1n) is 9.18. The molecule has 0 spiro atoms. The Labute approximate surface area is 183 Å².